The van der Waals surface area contributed by atoms with Crippen LogP contribution in [0.25, 0.3) is 11.3 Å². The van der Waals surface area contributed by atoms with Crippen molar-refractivity contribution in [2.75, 3.05) is 5.32 Å². The first kappa shape index (κ1) is 21.6. The number of hydrogen-bond donors (Lipinski definition) is 3. The highest BCUT2D eigenvalue weighted by Crippen LogP contribution is 2.45. The van der Waals surface area contributed by atoms with Crippen LogP contribution in [0, 0.1) is 10.8 Å². The molecule has 1 atom stereocenters. The molecule has 1 aromatic carbocycles. The number of aromatic amines is 1. The van der Waals surface area contributed by atoms with E-state index in [0.29, 0.717) is 22.7 Å². The maximum atomic E-state index is 13.0. The van der Waals surface area contributed by atoms with Crippen molar-refractivity contribution in [2.24, 2.45) is 10.8 Å². The van der Waals surface area contributed by atoms with E-state index < -0.39 is 0 Å². The summed E-state index contributed by atoms with van der Waals surface area (Å²) in [6.45, 7) is 11.5. The summed E-state index contributed by atoms with van der Waals surface area (Å²) in [6, 6.07) is 12.0. The van der Waals surface area contributed by atoms with Gasteiger partial charge in [0.15, 0.2) is 5.82 Å². The van der Waals surface area contributed by atoms with Gasteiger partial charge in [-0.2, -0.15) is 5.10 Å². The Morgan fingerprint density at radius 1 is 1.17 bits per heavy atom. The van der Waals surface area contributed by atoms with E-state index >= 15 is 0 Å². The summed E-state index contributed by atoms with van der Waals surface area (Å²) in [5.74, 6) is 0.570. The normalized spacial score (nSPS) is 19.6. The van der Waals surface area contributed by atoms with Crippen molar-refractivity contribution in [1.82, 2.24) is 15.5 Å². The van der Waals surface area contributed by atoms with Gasteiger partial charge in [-0.25, -0.2) is 0 Å². The fourth-order valence-corrected chi connectivity index (χ4v) is 5.19. The molecule has 158 valence electrons. The van der Waals surface area contributed by atoms with Crippen molar-refractivity contribution in [2.45, 2.75) is 78.8 Å². The number of rotatable bonds is 7. The minimum Gasteiger partial charge on any atom is -0.308 e. The van der Waals surface area contributed by atoms with Crippen molar-refractivity contribution in [3.05, 3.63) is 36.4 Å². The Labute approximate surface area is 175 Å². The Bertz CT molecular complexity index is 793. The molecular weight excluding hydrogens is 360 g/mol. The van der Waals surface area contributed by atoms with E-state index in [0.717, 1.165) is 36.9 Å². The van der Waals surface area contributed by atoms with Gasteiger partial charge in [-0.15, -0.1) is 0 Å². The second-order valence-electron chi connectivity index (χ2n) is 10.1. The molecule has 1 amide bonds. The third-order valence-electron chi connectivity index (χ3n) is 5.80. The van der Waals surface area contributed by atoms with Gasteiger partial charge in [0.05, 0.1) is 11.7 Å². The Morgan fingerprint density at radius 2 is 1.83 bits per heavy atom. The van der Waals surface area contributed by atoms with Crippen molar-refractivity contribution >= 4 is 11.7 Å². The van der Waals surface area contributed by atoms with E-state index in [1.807, 2.05) is 36.4 Å². The molecule has 1 aromatic heterocycles. The standard InChI is InChI=1S/C24H36N4O/c1-6-10-19(25-18-14-23(2,3)16-24(4,5)15-18)22(29)26-21-13-20(27-28-21)17-11-8-7-9-12-17/h7-9,11-13,18-19,25H,6,10,14-16H2,1-5H3,(H2,26,27,28,29)/t19-/m0/s1. The van der Waals surface area contributed by atoms with E-state index in [2.05, 4.69) is 55.4 Å². The van der Waals surface area contributed by atoms with Crippen LogP contribution < -0.4 is 10.6 Å². The van der Waals surface area contributed by atoms with Crippen LogP contribution in [0.5, 0.6) is 0 Å². The highest BCUT2D eigenvalue weighted by Gasteiger charge is 2.39. The van der Waals surface area contributed by atoms with Crippen LogP contribution in [0.15, 0.2) is 36.4 Å². The lowest BCUT2D eigenvalue weighted by Gasteiger charge is -2.46. The average Bonchev–Trinajstić information content (AvgIpc) is 3.08. The van der Waals surface area contributed by atoms with Crippen LogP contribution in [-0.4, -0.2) is 28.2 Å². The molecule has 0 unspecified atom stereocenters. The quantitative estimate of drug-likeness (QED) is 0.588. The van der Waals surface area contributed by atoms with Gasteiger partial charge in [0, 0.05) is 12.1 Å². The average molecular weight is 397 g/mol. The Balaban J connectivity index is 1.66. The number of benzene rings is 1. The van der Waals surface area contributed by atoms with Gasteiger partial charge in [0.2, 0.25) is 5.91 Å². The van der Waals surface area contributed by atoms with E-state index in [1.54, 1.807) is 0 Å². The van der Waals surface area contributed by atoms with Gasteiger partial charge >= 0.3 is 0 Å². The number of H-pyrrole nitrogens is 1. The molecule has 3 rings (SSSR count). The lowest BCUT2D eigenvalue weighted by molar-refractivity contribution is -0.118. The molecule has 3 N–H and O–H groups in total. The number of hydrogen-bond acceptors (Lipinski definition) is 3. The van der Waals surface area contributed by atoms with Gasteiger partial charge in [-0.3, -0.25) is 9.89 Å². The lowest BCUT2D eigenvalue weighted by Crippen LogP contribution is -2.51. The number of carbonyl (C=O) groups is 1. The fourth-order valence-electron chi connectivity index (χ4n) is 5.19. The maximum Gasteiger partial charge on any atom is 0.242 e. The van der Waals surface area contributed by atoms with E-state index in [1.165, 1.54) is 6.42 Å². The molecule has 0 saturated heterocycles. The monoisotopic (exact) mass is 396 g/mol. The third kappa shape index (κ3) is 5.92. The van der Waals surface area contributed by atoms with Crippen LogP contribution in [-0.2, 0) is 4.79 Å². The number of amides is 1. The first-order valence-electron chi connectivity index (χ1n) is 10.9. The molecule has 0 aliphatic heterocycles. The van der Waals surface area contributed by atoms with Crippen molar-refractivity contribution < 1.29 is 4.79 Å². The van der Waals surface area contributed by atoms with Crippen molar-refractivity contribution in [1.29, 1.82) is 0 Å². The summed E-state index contributed by atoms with van der Waals surface area (Å²) < 4.78 is 0. The fraction of sp³-hybridized carbons (Fsp3) is 0.583. The second kappa shape index (κ2) is 8.70. The zero-order chi connectivity index (χ0) is 21.1. The van der Waals surface area contributed by atoms with E-state index in [9.17, 15) is 4.79 Å². The van der Waals surface area contributed by atoms with Crippen molar-refractivity contribution in [3.63, 3.8) is 0 Å². The minimum absolute atomic E-state index is 0.000789. The molecular formula is C24H36N4O. The first-order valence-corrected chi connectivity index (χ1v) is 10.9. The molecule has 0 radical (unpaired) electrons. The number of nitrogens with zero attached hydrogens (tertiary/aromatic N) is 1. The third-order valence-corrected chi connectivity index (χ3v) is 5.80. The molecule has 5 heteroatoms. The minimum atomic E-state index is -0.202. The molecule has 1 fully saturated rings. The van der Waals surface area contributed by atoms with Crippen LogP contribution in [0.4, 0.5) is 5.82 Å². The predicted molar refractivity (Wildman–Crippen MR) is 120 cm³/mol. The number of aromatic nitrogens is 2. The molecule has 29 heavy (non-hydrogen) atoms. The molecule has 0 spiro atoms. The van der Waals surface area contributed by atoms with E-state index in [4.69, 9.17) is 0 Å². The van der Waals surface area contributed by atoms with Crippen molar-refractivity contribution in [3.8, 4) is 11.3 Å². The second-order valence-corrected chi connectivity index (χ2v) is 10.1. The molecule has 5 nitrogen and oxygen atoms in total. The van der Waals surface area contributed by atoms with Gasteiger partial charge in [-0.05, 0) is 42.1 Å². The summed E-state index contributed by atoms with van der Waals surface area (Å²) in [5, 5.41) is 14.0. The topological polar surface area (TPSA) is 69.8 Å². The smallest absolute Gasteiger partial charge is 0.242 e. The summed E-state index contributed by atoms with van der Waals surface area (Å²) in [7, 11) is 0. The number of nitrogens with one attached hydrogen (secondary N) is 3. The van der Waals surface area contributed by atoms with Crippen LogP contribution in [0.1, 0.15) is 66.7 Å². The Hall–Kier alpha value is -2.14. The molecule has 1 aliphatic rings. The molecule has 1 saturated carbocycles. The molecule has 1 heterocycles. The zero-order valence-electron chi connectivity index (χ0n) is 18.5. The SMILES string of the molecule is CCC[C@H](NC1CC(C)(C)CC(C)(C)C1)C(=O)Nc1cc(-c2ccccc2)[nH]n1. The largest absolute Gasteiger partial charge is 0.308 e. The summed E-state index contributed by atoms with van der Waals surface area (Å²) in [6.07, 6.45) is 5.20. The van der Waals surface area contributed by atoms with Crippen LogP contribution in [0.2, 0.25) is 0 Å². The van der Waals surface area contributed by atoms with Gasteiger partial charge < -0.3 is 10.6 Å². The maximum absolute atomic E-state index is 13.0. The van der Waals surface area contributed by atoms with Gasteiger partial charge in [0.1, 0.15) is 0 Å². The molecule has 0 bridgehead atoms. The zero-order valence-corrected chi connectivity index (χ0v) is 18.5. The first-order chi connectivity index (χ1) is 13.7. The van der Waals surface area contributed by atoms with Gasteiger partial charge in [-0.1, -0.05) is 71.4 Å². The van der Waals surface area contributed by atoms with Gasteiger partial charge in [0.25, 0.3) is 0 Å². The number of carbonyl (C=O) groups excluding carboxylic acids is 1. The Kier molecular flexibility index (Phi) is 6.47. The molecule has 2 aromatic rings. The Morgan fingerprint density at radius 3 is 2.45 bits per heavy atom. The summed E-state index contributed by atoms with van der Waals surface area (Å²) in [5.41, 5.74) is 2.53. The lowest BCUT2D eigenvalue weighted by atomic mass is 9.63. The predicted octanol–water partition coefficient (Wildman–Crippen LogP) is 5.38. The summed E-state index contributed by atoms with van der Waals surface area (Å²) in [4.78, 5) is 13.0. The number of anilines is 1. The van der Waals surface area contributed by atoms with E-state index in [-0.39, 0.29) is 11.9 Å². The molecule has 1 aliphatic carbocycles. The van der Waals surface area contributed by atoms with Crippen LogP contribution >= 0.6 is 0 Å². The van der Waals surface area contributed by atoms with Crippen LogP contribution in [0.3, 0.4) is 0 Å². The summed E-state index contributed by atoms with van der Waals surface area (Å²) >= 11 is 0. The highest BCUT2D eigenvalue weighted by atomic mass is 16.2. The highest BCUT2D eigenvalue weighted by molar-refractivity contribution is 5.94.